The lowest BCUT2D eigenvalue weighted by Crippen LogP contribution is -2.50. The van der Waals surface area contributed by atoms with Crippen molar-refractivity contribution in [2.45, 2.75) is 62.9 Å². The number of carbonyl (C=O) groups is 1. The van der Waals surface area contributed by atoms with Crippen molar-refractivity contribution in [3.63, 3.8) is 0 Å². The number of hydrogen-bond acceptors (Lipinski definition) is 4. The highest BCUT2D eigenvalue weighted by molar-refractivity contribution is 6.04. The van der Waals surface area contributed by atoms with Crippen molar-refractivity contribution in [1.82, 2.24) is 4.98 Å². The maximum absolute atomic E-state index is 13.2. The molecule has 5 heteroatoms. The molecule has 5 rings (SSSR count). The van der Waals surface area contributed by atoms with Crippen molar-refractivity contribution in [2.24, 2.45) is 5.92 Å². The normalized spacial score (nSPS) is 25.4. The minimum Gasteiger partial charge on any atom is -0.387 e. The zero-order valence-corrected chi connectivity index (χ0v) is 21.3. The Morgan fingerprint density at radius 2 is 1.97 bits per heavy atom. The number of nitrogens with zero attached hydrogens (tertiary/aromatic N) is 1. The standard InChI is InChI=1S/C31H36N2O3/c1-22-28(12-7-17-32-22)33-29(34)25-13-14-27-24(18-25)10-6-11-26-20-30(35,21-36-2)15-16-31(26,27)19-23-8-4-3-5-9-23/h3-5,7-9,12-14,17-18,26,35H,6,10-11,15-16,19-21H2,1-2H3,(H,33,34)/t26-,30+,31-/m0/s1. The lowest BCUT2D eigenvalue weighted by molar-refractivity contribution is -0.0898. The van der Waals surface area contributed by atoms with Crippen LogP contribution < -0.4 is 5.32 Å². The largest absolute Gasteiger partial charge is 0.387 e. The van der Waals surface area contributed by atoms with Crippen LogP contribution in [-0.2, 0) is 23.0 Å². The molecule has 36 heavy (non-hydrogen) atoms. The molecule has 5 nitrogen and oxygen atoms in total. The van der Waals surface area contributed by atoms with Gasteiger partial charge < -0.3 is 15.2 Å². The van der Waals surface area contributed by atoms with Crippen LogP contribution in [0.1, 0.15) is 64.8 Å². The molecule has 0 saturated heterocycles. The molecule has 0 aliphatic heterocycles. The molecule has 2 N–H and O–H groups in total. The Balaban J connectivity index is 1.52. The zero-order chi connectivity index (χ0) is 25.2. The van der Waals surface area contributed by atoms with Gasteiger partial charge in [0.2, 0.25) is 0 Å². The summed E-state index contributed by atoms with van der Waals surface area (Å²) in [6.45, 7) is 2.28. The van der Waals surface area contributed by atoms with E-state index in [0.717, 1.165) is 49.9 Å². The van der Waals surface area contributed by atoms with Crippen molar-refractivity contribution in [3.8, 4) is 0 Å². The van der Waals surface area contributed by atoms with Crippen LogP contribution in [0.4, 0.5) is 5.69 Å². The molecule has 0 spiro atoms. The van der Waals surface area contributed by atoms with E-state index in [1.54, 1.807) is 13.3 Å². The summed E-state index contributed by atoms with van der Waals surface area (Å²) in [4.78, 5) is 17.4. The fourth-order valence-corrected chi connectivity index (χ4v) is 6.61. The average Bonchev–Trinajstić information content (AvgIpc) is 3.02. The summed E-state index contributed by atoms with van der Waals surface area (Å²) >= 11 is 0. The highest BCUT2D eigenvalue weighted by Gasteiger charge is 2.50. The van der Waals surface area contributed by atoms with Gasteiger partial charge in [-0.2, -0.15) is 0 Å². The van der Waals surface area contributed by atoms with Gasteiger partial charge in [-0.3, -0.25) is 9.78 Å². The molecular weight excluding hydrogens is 448 g/mol. The lowest BCUT2D eigenvalue weighted by Gasteiger charge is -2.50. The minimum absolute atomic E-state index is 0.0674. The molecule has 0 bridgehead atoms. The van der Waals surface area contributed by atoms with E-state index in [4.69, 9.17) is 4.74 Å². The molecular formula is C31H36N2O3. The van der Waals surface area contributed by atoms with Crippen LogP contribution in [0.2, 0.25) is 0 Å². The van der Waals surface area contributed by atoms with Gasteiger partial charge in [0.25, 0.3) is 5.91 Å². The van der Waals surface area contributed by atoms with E-state index in [0.29, 0.717) is 24.5 Å². The van der Waals surface area contributed by atoms with Crippen molar-refractivity contribution >= 4 is 11.6 Å². The summed E-state index contributed by atoms with van der Waals surface area (Å²) in [5.74, 6) is 0.246. The van der Waals surface area contributed by atoms with Gasteiger partial charge in [-0.1, -0.05) is 36.4 Å². The number of aromatic nitrogens is 1. The number of fused-ring (bicyclic) bond motifs is 3. The Morgan fingerprint density at radius 3 is 2.75 bits per heavy atom. The van der Waals surface area contributed by atoms with Gasteiger partial charge in [-0.05, 0) is 98.7 Å². The van der Waals surface area contributed by atoms with E-state index in [1.807, 2.05) is 25.1 Å². The predicted octanol–water partition coefficient (Wildman–Crippen LogP) is 5.64. The smallest absolute Gasteiger partial charge is 0.255 e. The molecule has 2 aromatic carbocycles. The third kappa shape index (κ3) is 4.82. The second-order valence-corrected chi connectivity index (χ2v) is 10.7. The third-order valence-corrected chi connectivity index (χ3v) is 8.38. The van der Waals surface area contributed by atoms with Gasteiger partial charge in [0.05, 0.1) is 23.6 Å². The van der Waals surface area contributed by atoms with E-state index in [2.05, 4.69) is 52.8 Å². The van der Waals surface area contributed by atoms with Crippen LogP contribution >= 0.6 is 0 Å². The van der Waals surface area contributed by atoms with Crippen molar-refractivity contribution < 1.29 is 14.6 Å². The molecule has 1 heterocycles. The van der Waals surface area contributed by atoms with Crippen LogP contribution in [0.25, 0.3) is 0 Å². The first-order chi connectivity index (χ1) is 17.4. The van der Waals surface area contributed by atoms with E-state index < -0.39 is 5.60 Å². The number of methoxy groups -OCH3 is 1. The summed E-state index contributed by atoms with van der Waals surface area (Å²) < 4.78 is 5.42. The van der Waals surface area contributed by atoms with Gasteiger partial charge in [0.1, 0.15) is 0 Å². The Morgan fingerprint density at radius 1 is 1.14 bits per heavy atom. The number of rotatable bonds is 6. The number of amides is 1. The van der Waals surface area contributed by atoms with E-state index in [1.165, 1.54) is 16.7 Å². The fourth-order valence-electron chi connectivity index (χ4n) is 6.61. The Labute approximate surface area is 213 Å². The summed E-state index contributed by atoms with van der Waals surface area (Å²) in [6.07, 6.45) is 8.08. The summed E-state index contributed by atoms with van der Waals surface area (Å²) in [5.41, 5.74) is 5.31. The number of nitrogens with one attached hydrogen (secondary N) is 1. The molecule has 1 aromatic heterocycles. The summed E-state index contributed by atoms with van der Waals surface area (Å²) in [6, 6.07) is 20.7. The number of aliphatic hydroxyl groups is 1. The van der Waals surface area contributed by atoms with Crippen LogP contribution in [0, 0.1) is 12.8 Å². The maximum atomic E-state index is 13.2. The summed E-state index contributed by atoms with van der Waals surface area (Å²) in [7, 11) is 1.67. The number of hydrogen-bond donors (Lipinski definition) is 2. The highest BCUT2D eigenvalue weighted by Crippen LogP contribution is 2.53. The molecule has 2 aliphatic rings. The maximum Gasteiger partial charge on any atom is 0.255 e. The first kappa shape index (κ1) is 24.7. The molecule has 1 fully saturated rings. The van der Waals surface area contributed by atoms with Crippen molar-refractivity contribution in [3.05, 3.63) is 94.8 Å². The quantitative estimate of drug-likeness (QED) is 0.475. The zero-order valence-electron chi connectivity index (χ0n) is 21.3. The Bertz CT molecular complexity index is 1230. The van der Waals surface area contributed by atoms with Crippen LogP contribution in [0.3, 0.4) is 0 Å². The summed E-state index contributed by atoms with van der Waals surface area (Å²) in [5, 5.41) is 14.4. The molecule has 0 unspecified atom stereocenters. The highest BCUT2D eigenvalue weighted by atomic mass is 16.5. The second-order valence-electron chi connectivity index (χ2n) is 10.7. The minimum atomic E-state index is -0.772. The molecule has 1 saturated carbocycles. The van der Waals surface area contributed by atoms with Crippen molar-refractivity contribution in [1.29, 1.82) is 0 Å². The Hall–Kier alpha value is -3.02. The van der Waals surface area contributed by atoms with E-state index in [9.17, 15) is 9.90 Å². The van der Waals surface area contributed by atoms with E-state index >= 15 is 0 Å². The number of aryl methyl sites for hydroxylation is 2. The molecule has 188 valence electrons. The SMILES string of the molecule is COC[C@@]1(O)CC[C@@]2(Cc3ccccc3)c3ccc(C(=O)Nc4cccnc4C)cc3CCC[C@H]2C1. The number of ether oxygens (including phenoxy) is 1. The van der Waals surface area contributed by atoms with Gasteiger partial charge >= 0.3 is 0 Å². The monoisotopic (exact) mass is 484 g/mol. The molecule has 2 aliphatic carbocycles. The van der Waals surface area contributed by atoms with Crippen LogP contribution in [-0.4, -0.2) is 35.3 Å². The first-order valence-corrected chi connectivity index (χ1v) is 13.0. The topological polar surface area (TPSA) is 71.5 Å². The second kappa shape index (κ2) is 10.2. The number of carbonyl (C=O) groups excluding carboxylic acids is 1. The van der Waals surface area contributed by atoms with Crippen LogP contribution in [0.15, 0.2) is 66.9 Å². The van der Waals surface area contributed by atoms with Gasteiger partial charge in [-0.15, -0.1) is 0 Å². The molecule has 1 amide bonds. The molecule has 0 radical (unpaired) electrons. The molecule has 3 atom stereocenters. The fraction of sp³-hybridized carbons (Fsp3) is 0.419. The average molecular weight is 485 g/mol. The number of anilines is 1. The number of benzene rings is 2. The molecule has 3 aromatic rings. The van der Waals surface area contributed by atoms with Gasteiger partial charge in [0, 0.05) is 24.3 Å². The lowest BCUT2D eigenvalue weighted by atomic mass is 9.56. The van der Waals surface area contributed by atoms with Gasteiger partial charge in [-0.25, -0.2) is 0 Å². The third-order valence-electron chi connectivity index (χ3n) is 8.38. The predicted molar refractivity (Wildman–Crippen MR) is 142 cm³/mol. The number of pyridine rings is 1. The van der Waals surface area contributed by atoms with Gasteiger partial charge in [0.15, 0.2) is 0 Å². The van der Waals surface area contributed by atoms with Crippen molar-refractivity contribution in [2.75, 3.05) is 19.0 Å². The first-order valence-electron chi connectivity index (χ1n) is 13.0. The Kier molecular flexibility index (Phi) is 6.96. The van der Waals surface area contributed by atoms with E-state index in [-0.39, 0.29) is 11.3 Å². The van der Waals surface area contributed by atoms with Crippen LogP contribution in [0.5, 0.6) is 0 Å².